The number of thiophene rings is 1. The molecule has 3 aromatic heterocycles. The SMILES string of the molecule is CS(=O)(=O)CCCCCn1c(Sc2ncc(NC(=O)c3ccccc3)s2)nnc1-c1cccs1. The summed E-state index contributed by atoms with van der Waals surface area (Å²) in [6.45, 7) is 0.676. The monoisotopic (exact) mass is 533 g/mol. The van der Waals surface area contributed by atoms with E-state index in [4.69, 9.17) is 0 Å². The minimum absolute atomic E-state index is 0.182. The summed E-state index contributed by atoms with van der Waals surface area (Å²) in [6, 6.07) is 13.0. The maximum Gasteiger partial charge on any atom is 0.256 e. The van der Waals surface area contributed by atoms with Crippen molar-refractivity contribution in [3.63, 3.8) is 0 Å². The van der Waals surface area contributed by atoms with Gasteiger partial charge < -0.3 is 9.88 Å². The minimum atomic E-state index is -2.95. The van der Waals surface area contributed by atoms with Crippen LogP contribution in [0, 0.1) is 0 Å². The first kappa shape index (κ1) is 24.6. The highest BCUT2D eigenvalue weighted by Gasteiger charge is 2.18. The zero-order chi connectivity index (χ0) is 24.0. The van der Waals surface area contributed by atoms with E-state index >= 15 is 0 Å². The molecule has 0 bridgehead atoms. The highest BCUT2D eigenvalue weighted by Crippen LogP contribution is 2.35. The number of thiazole rings is 1. The predicted molar refractivity (Wildman–Crippen MR) is 138 cm³/mol. The highest BCUT2D eigenvalue weighted by molar-refractivity contribution is 8.01. The lowest BCUT2D eigenvalue weighted by Crippen LogP contribution is -2.10. The van der Waals surface area contributed by atoms with E-state index in [1.165, 1.54) is 29.4 Å². The Morgan fingerprint density at radius 3 is 2.65 bits per heavy atom. The molecule has 0 aliphatic heterocycles. The lowest BCUT2D eigenvalue weighted by atomic mass is 10.2. The highest BCUT2D eigenvalue weighted by atomic mass is 32.2. The third-order valence-corrected chi connectivity index (χ3v) is 8.66. The summed E-state index contributed by atoms with van der Waals surface area (Å²) in [5.74, 6) is 0.804. The van der Waals surface area contributed by atoms with Crippen molar-refractivity contribution in [2.45, 2.75) is 35.3 Å². The van der Waals surface area contributed by atoms with Crippen molar-refractivity contribution in [1.82, 2.24) is 19.7 Å². The fourth-order valence-corrected chi connectivity index (χ4v) is 6.46. The van der Waals surface area contributed by atoms with Gasteiger partial charge in [0.2, 0.25) is 0 Å². The number of nitrogens with one attached hydrogen (secondary N) is 1. The van der Waals surface area contributed by atoms with Crippen LogP contribution in [0.2, 0.25) is 0 Å². The van der Waals surface area contributed by atoms with Crippen LogP contribution < -0.4 is 5.32 Å². The number of hydrogen-bond donors (Lipinski definition) is 1. The largest absolute Gasteiger partial charge is 0.312 e. The number of rotatable bonds is 11. The molecular formula is C22H23N5O3S4. The molecule has 0 fully saturated rings. The second-order valence-corrected chi connectivity index (χ2v) is 13.0. The first-order valence-electron chi connectivity index (χ1n) is 10.5. The number of anilines is 1. The number of aromatic nitrogens is 4. The van der Waals surface area contributed by atoms with E-state index in [0.29, 0.717) is 28.7 Å². The van der Waals surface area contributed by atoms with E-state index in [2.05, 4.69) is 25.1 Å². The Morgan fingerprint density at radius 2 is 1.91 bits per heavy atom. The number of amides is 1. The quantitative estimate of drug-likeness (QED) is 0.268. The molecule has 12 heteroatoms. The second kappa shape index (κ2) is 11.3. The van der Waals surface area contributed by atoms with Gasteiger partial charge in [-0.25, -0.2) is 13.4 Å². The lowest BCUT2D eigenvalue weighted by Gasteiger charge is -2.08. The molecule has 34 heavy (non-hydrogen) atoms. The number of sulfone groups is 1. The first-order valence-corrected chi connectivity index (χ1v) is 15.1. The number of nitrogens with zero attached hydrogens (tertiary/aromatic N) is 4. The van der Waals surface area contributed by atoms with Crippen molar-refractivity contribution in [3.8, 4) is 10.7 Å². The van der Waals surface area contributed by atoms with Crippen molar-refractivity contribution < 1.29 is 13.2 Å². The van der Waals surface area contributed by atoms with Crippen LogP contribution in [0.25, 0.3) is 10.7 Å². The molecule has 0 saturated carbocycles. The van der Waals surface area contributed by atoms with E-state index in [9.17, 15) is 13.2 Å². The molecule has 178 valence electrons. The van der Waals surface area contributed by atoms with Crippen LogP contribution in [0.3, 0.4) is 0 Å². The average Bonchev–Trinajstić information content (AvgIpc) is 3.56. The summed E-state index contributed by atoms with van der Waals surface area (Å²) in [7, 11) is -2.95. The van der Waals surface area contributed by atoms with Crippen LogP contribution in [0.1, 0.15) is 29.6 Å². The lowest BCUT2D eigenvalue weighted by molar-refractivity contribution is 0.102. The van der Waals surface area contributed by atoms with E-state index in [-0.39, 0.29) is 11.7 Å². The van der Waals surface area contributed by atoms with Crippen LogP contribution in [0.15, 0.2) is 63.5 Å². The van der Waals surface area contributed by atoms with Gasteiger partial charge in [0.15, 0.2) is 15.3 Å². The summed E-state index contributed by atoms with van der Waals surface area (Å²) < 4.78 is 25.6. The zero-order valence-electron chi connectivity index (χ0n) is 18.4. The number of hydrogen-bond acceptors (Lipinski definition) is 9. The van der Waals surface area contributed by atoms with E-state index in [1.807, 2.05) is 35.7 Å². The molecule has 1 N–H and O–H groups in total. The Labute approximate surface area is 210 Å². The number of carbonyl (C=O) groups excluding carboxylic acids is 1. The summed E-state index contributed by atoms with van der Waals surface area (Å²) >= 11 is 4.37. The topological polar surface area (TPSA) is 107 Å². The van der Waals surface area contributed by atoms with Crippen molar-refractivity contribution in [2.24, 2.45) is 0 Å². The van der Waals surface area contributed by atoms with E-state index in [1.54, 1.807) is 29.7 Å². The normalized spacial score (nSPS) is 11.6. The summed E-state index contributed by atoms with van der Waals surface area (Å²) in [5.41, 5.74) is 0.585. The number of carbonyl (C=O) groups is 1. The van der Waals surface area contributed by atoms with Gasteiger partial charge in [-0.1, -0.05) is 42.0 Å². The summed E-state index contributed by atoms with van der Waals surface area (Å²) in [4.78, 5) is 17.9. The molecule has 1 aromatic carbocycles. The molecule has 0 unspecified atom stereocenters. The Bertz CT molecular complexity index is 1330. The molecule has 1 amide bonds. The van der Waals surface area contributed by atoms with Gasteiger partial charge >= 0.3 is 0 Å². The van der Waals surface area contributed by atoms with Gasteiger partial charge in [-0.2, -0.15) is 0 Å². The fraction of sp³-hybridized carbons (Fsp3) is 0.273. The summed E-state index contributed by atoms with van der Waals surface area (Å²) in [5, 5.41) is 15.0. The smallest absolute Gasteiger partial charge is 0.256 e. The van der Waals surface area contributed by atoms with Gasteiger partial charge in [0, 0.05) is 24.1 Å². The second-order valence-electron chi connectivity index (χ2n) is 7.54. The minimum Gasteiger partial charge on any atom is -0.312 e. The van der Waals surface area contributed by atoms with Gasteiger partial charge in [-0.05, 0) is 48.2 Å². The molecule has 0 saturated heterocycles. The Balaban J connectivity index is 1.44. The predicted octanol–water partition coefficient (Wildman–Crippen LogP) is 5.08. The Morgan fingerprint density at radius 1 is 1.09 bits per heavy atom. The molecule has 0 spiro atoms. The molecule has 3 heterocycles. The molecule has 0 aliphatic rings. The Hall–Kier alpha value is -2.54. The van der Waals surface area contributed by atoms with E-state index < -0.39 is 9.84 Å². The van der Waals surface area contributed by atoms with Crippen molar-refractivity contribution in [3.05, 3.63) is 59.6 Å². The number of benzene rings is 1. The molecule has 0 atom stereocenters. The van der Waals surface area contributed by atoms with E-state index in [0.717, 1.165) is 27.9 Å². The Kier molecular flexibility index (Phi) is 8.14. The third kappa shape index (κ3) is 6.75. The molecule has 4 aromatic rings. The van der Waals surface area contributed by atoms with Crippen molar-refractivity contribution in [2.75, 3.05) is 17.3 Å². The van der Waals surface area contributed by atoms with Crippen LogP contribution in [0.5, 0.6) is 0 Å². The molecule has 0 aliphatic carbocycles. The van der Waals surface area contributed by atoms with Gasteiger partial charge in [-0.3, -0.25) is 4.79 Å². The maximum atomic E-state index is 12.4. The van der Waals surface area contributed by atoms with Gasteiger partial charge in [0.05, 0.1) is 11.1 Å². The zero-order valence-corrected chi connectivity index (χ0v) is 21.6. The third-order valence-electron chi connectivity index (χ3n) is 4.79. The summed E-state index contributed by atoms with van der Waals surface area (Å²) in [6.07, 6.45) is 5.15. The van der Waals surface area contributed by atoms with Crippen LogP contribution in [-0.4, -0.2) is 46.1 Å². The van der Waals surface area contributed by atoms with Crippen LogP contribution >= 0.6 is 34.4 Å². The van der Waals surface area contributed by atoms with Crippen LogP contribution in [-0.2, 0) is 16.4 Å². The van der Waals surface area contributed by atoms with Gasteiger partial charge in [0.1, 0.15) is 14.8 Å². The van der Waals surface area contributed by atoms with Crippen molar-refractivity contribution >= 4 is 55.2 Å². The van der Waals surface area contributed by atoms with Crippen molar-refractivity contribution in [1.29, 1.82) is 0 Å². The average molecular weight is 534 g/mol. The molecule has 4 rings (SSSR count). The standard InChI is InChI=1S/C22H23N5O3S4/c1-34(29,30)14-7-3-6-12-27-19(17-11-8-13-31-17)25-26-21(27)33-22-23-15-18(32-22)24-20(28)16-9-4-2-5-10-16/h2,4-5,8-11,13,15H,3,6-7,12,14H2,1H3,(H,24,28). The maximum absolute atomic E-state index is 12.4. The molecular weight excluding hydrogens is 511 g/mol. The first-order chi connectivity index (χ1) is 16.4. The van der Waals surface area contributed by atoms with Gasteiger partial charge in [-0.15, -0.1) is 21.5 Å². The molecule has 8 nitrogen and oxygen atoms in total. The van der Waals surface area contributed by atoms with Crippen LogP contribution in [0.4, 0.5) is 5.00 Å². The molecule has 0 radical (unpaired) electrons. The fourth-order valence-electron chi connectivity index (χ4n) is 3.18. The van der Waals surface area contributed by atoms with Gasteiger partial charge in [0.25, 0.3) is 5.91 Å². The number of unbranched alkanes of at least 4 members (excludes halogenated alkanes) is 2.